The lowest BCUT2D eigenvalue weighted by molar-refractivity contribution is 1.19. The lowest BCUT2D eigenvalue weighted by Gasteiger charge is -2.10. The smallest absolute Gasteiger partial charge is 0.0727 e. The number of hydrogen-bond donors (Lipinski definition) is 0. The Hall–Kier alpha value is -3.88. The van der Waals surface area contributed by atoms with E-state index in [9.17, 15) is 0 Å². The molecule has 0 bridgehead atoms. The zero-order valence-corrected chi connectivity index (χ0v) is 18.1. The number of fused-ring (bicyclic) bond motifs is 7. The number of rotatable bonds is 2. The molecule has 0 atom stereocenters. The van der Waals surface area contributed by atoms with Crippen molar-refractivity contribution >= 4 is 53.3 Å². The molecule has 150 valence electrons. The SMILES string of the molecule is c1ccc(-c2ccc(-n3c4ccc5ccccc5c4c4sc5ccccc5c43)cc2)cc1. The first-order valence-electron chi connectivity index (χ1n) is 10.9. The fraction of sp³-hybridized carbons (Fsp3) is 0. The average molecular weight is 426 g/mol. The number of nitrogens with zero attached hydrogens (tertiary/aromatic N) is 1. The van der Waals surface area contributed by atoms with E-state index in [1.165, 1.54) is 58.8 Å². The van der Waals surface area contributed by atoms with E-state index >= 15 is 0 Å². The van der Waals surface area contributed by atoms with Crippen molar-refractivity contribution in [3.8, 4) is 16.8 Å². The Balaban J connectivity index is 1.58. The van der Waals surface area contributed by atoms with Crippen LogP contribution in [-0.2, 0) is 0 Å². The lowest BCUT2D eigenvalue weighted by atomic mass is 10.1. The van der Waals surface area contributed by atoms with Crippen LogP contribution in [0, 0.1) is 0 Å². The molecule has 0 saturated heterocycles. The second-order valence-corrected chi connectivity index (χ2v) is 9.26. The van der Waals surface area contributed by atoms with Crippen LogP contribution in [0.25, 0.3) is 58.8 Å². The number of benzene rings is 5. The molecule has 32 heavy (non-hydrogen) atoms. The minimum atomic E-state index is 1.20. The summed E-state index contributed by atoms with van der Waals surface area (Å²) in [6.45, 7) is 0. The van der Waals surface area contributed by atoms with Crippen molar-refractivity contribution in [1.29, 1.82) is 0 Å². The minimum absolute atomic E-state index is 1.20. The zero-order valence-electron chi connectivity index (χ0n) is 17.3. The van der Waals surface area contributed by atoms with Crippen LogP contribution in [0.1, 0.15) is 0 Å². The summed E-state index contributed by atoms with van der Waals surface area (Å²) in [4.78, 5) is 0. The van der Waals surface area contributed by atoms with Gasteiger partial charge in [-0.25, -0.2) is 0 Å². The fourth-order valence-electron chi connectivity index (χ4n) is 4.93. The van der Waals surface area contributed by atoms with Crippen molar-refractivity contribution in [2.24, 2.45) is 0 Å². The largest absolute Gasteiger partial charge is 0.308 e. The van der Waals surface area contributed by atoms with Gasteiger partial charge < -0.3 is 4.57 Å². The summed E-state index contributed by atoms with van der Waals surface area (Å²) in [5, 5.41) is 5.28. The summed E-state index contributed by atoms with van der Waals surface area (Å²) in [5.41, 5.74) is 6.26. The van der Waals surface area contributed by atoms with Crippen LogP contribution in [0.15, 0.2) is 115 Å². The molecule has 0 aliphatic rings. The van der Waals surface area contributed by atoms with E-state index in [1.54, 1.807) is 0 Å². The van der Waals surface area contributed by atoms with E-state index in [4.69, 9.17) is 0 Å². The number of aromatic nitrogens is 1. The Bertz CT molecular complexity index is 1750. The molecule has 7 aromatic rings. The Morgan fingerprint density at radius 3 is 2.06 bits per heavy atom. The van der Waals surface area contributed by atoms with Gasteiger partial charge in [0.15, 0.2) is 0 Å². The van der Waals surface area contributed by atoms with Gasteiger partial charge in [0.25, 0.3) is 0 Å². The summed E-state index contributed by atoms with van der Waals surface area (Å²) in [7, 11) is 0. The van der Waals surface area contributed by atoms with E-state index in [0.717, 1.165) is 0 Å². The second kappa shape index (κ2) is 6.81. The van der Waals surface area contributed by atoms with Gasteiger partial charge in [-0.1, -0.05) is 91.0 Å². The molecule has 5 aromatic carbocycles. The topological polar surface area (TPSA) is 4.93 Å². The van der Waals surface area contributed by atoms with Crippen LogP contribution in [-0.4, -0.2) is 4.57 Å². The van der Waals surface area contributed by atoms with Gasteiger partial charge in [-0.05, 0) is 46.2 Å². The summed E-state index contributed by atoms with van der Waals surface area (Å²) in [5.74, 6) is 0. The lowest BCUT2D eigenvalue weighted by Crippen LogP contribution is -1.93. The van der Waals surface area contributed by atoms with E-state index in [2.05, 4.69) is 120 Å². The molecule has 0 spiro atoms. The van der Waals surface area contributed by atoms with Gasteiger partial charge in [0.2, 0.25) is 0 Å². The minimum Gasteiger partial charge on any atom is -0.308 e. The van der Waals surface area contributed by atoms with Gasteiger partial charge in [0.05, 0.1) is 15.7 Å². The van der Waals surface area contributed by atoms with Gasteiger partial charge in [-0.15, -0.1) is 11.3 Å². The first-order chi connectivity index (χ1) is 15.9. The standard InChI is InChI=1S/C30H19NS/c1-2-8-20(9-3-1)21-14-17-23(18-15-21)31-26-19-16-22-10-4-5-11-24(22)28(26)30-29(31)25-12-6-7-13-27(25)32-30/h1-19H. The van der Waals surface area contributed by atoms with Crippen LogP contribution in [0.2, 0.25) is 0 Å². The van der Waals surface area contributed by atoms with Crippen molar-refractivity contribution < 1.29 is 0 Å². The quantitative estimate of drug-likeness (QED) is 0.261. The van der Waals surface area contributed by atoms with Crippen molar-refractivity contribution in [3.63, 3.8) is 0 Å². The first kappa shape index (κ1) is 17.8. The van der Waals surface area contributed by atoms with Crippen LogP contribution >= 0.6 is 11.3 Å². The summed E-state index contributed by atoms with van der Waals surface area (Å²) in [6.07, 6.45) is 0. The highest BCUT2D eigenvalue weighted by atomic mass is 32.1. The molecule has 2 heteroatoms. The van der Waals surface area contributed by atoms with Crippen molar-refractivity contribution in [3.05, 3.63) is 115 Å². The number of thiophene rings is 1. The summed E-state index contributed by atoms with van der Waals surface area (Å²) in [6, 6.07) is 41.6. The van der Waals surface area contributed by atoms with Crippen molar-refractivity contribution in [2.75, 3.05) is 0 Å². The Labute approximate surface area is 189 Å². The molecule has 0 radical (unpaired) electrons. The first-order valence-corrected chi connectivity index (χ1v) is 11.7. The van der Waals surface area contributed by atoms with E-state index < -0.39 is 0 Å². The molecular weight excluding hydrogens is 406 g/mol. The van der Waals surface area contributed by atoms with Crippen LogP contribution in [0.5, 0.6) is 0 Å². The molecule has 0 amide bonds. The normalized spacial score (nSPS) is 11.8. The monoisotopic (exact) mass is 425 g/mol. The molecule has 0 aliphatic heterocycles. The molecular formula is C30H19NS. The molecule has 7 rings (SSSR count). The maximum absolute atomic E-state index is 2.45. The summed E-state index contributed by atoms with van der Waals surface area (Å²) < 4.78 is 5.15. The molecule has 0 aliphatic carbocycles. The maximum atomic E-state index is 2.45. The predicted molar refractivity (Wildman–Crippen MR) is 139 cm³/mol. The van der Waals surface area contributed by atoms with E-state index in [0.29, 0.717) is 0 Å². The Morgan fingerprint density at radius 1 is 0.531 bits per heavy atom. The predicted octanol–water partition coefficient (Wildman–Crippen LogP) is 8.82. The van der Waals surface area contributed by atoms with Crippen molar-refractivity contribution in [2.45, 2.75) is 0 Å². The zero-order chi connectivity index (χ0) is 21.1. The third-order valence-electron chi connectivity index (χ3n) is 6.40. The molecule has 0 N–H and O–H groups in total. The van der Waals surface area contributed by atoms with Gasteiger partial charge in [0, 0.05) is 21.2 Å². The third-order valence-corrected chi connectivity index (χ3v) is 7.58. The van der Waals surface area contributed by atoms with Crippen molar-refractivity contribution in [1.82, 2.24) is 4.57 Å². The third kappa shape index (κ3) is 2.50. The highest BCUT2D eigenvalue weighted by Gasteiger charge is 2.19. The molecule has 0 saturated carbocycles. The number of hydrogen-bond acceptors (Lipinski definition) is 1. The fourth-order valence-corrected chi connectivity index (χ4v) is 6.19. The van der Waals surface area contributed by atoms with Gasteiger partial charge in [-0.3, -0.25) is 0 Å². The molecule has 1 nitrogen and oxygen atoms in total. The molecule has 2 heterocycles. The Kier molecular flexibility index (Phi) is 3.78. The van der Waals surface area contributed by atoms with Gasteiger partial charge in [-0.2, -0.15) is 0 Å². The molecule has 2 aromatic heterocycles. The Morgan fingerprint density at radius 2 is 1.22 bits per heavy atom. The average Bonchev–Trinajstić information content (AvgIpc) is 3.39. The maximum Gasteiger partial charge on any atom is 0.0727 e. The van der Waals surface area contributed by atoms with Gasteiger partial charge in [0.1, 0.15) is 0 Å². The molecule has 0 fully saturated rings. The highest BCUT2D eigenvalue weighted by Crippen LogP contribution is 2.44. The van der Waals surface area contributed by atoms with Crippen LogP contribution in [0.4, 0.5) is 0 Å². The highest BCUT2D eigenvalue weighted by molar-refractivity contribution is 7.26. The van der Waals surface area contributed by atoms with Crippen LogP contribution in [0.3, 0.4) is 0 Å². The summed E-state index contributed by atoms with van der Waals surface area (Å²) >= 11 is 1.90. The van der Waals surface area contributed by atoms with E-state index in [-0.39, 0.29) is 0 Å². The van der Waals surface area contributed by atoms with Crippen LogP contribution < -0.4 is 0 Å². The second-order valence-electron chi connectivity index (χ2n) is 8.21. The molecule has 0 unspecified atom stereocenters. The van der Waals surface area contributed by atoms with Gasteiger partial charge >= 0.3 is 0 Å². The van der Waals surface area contributed by atoms with E-state index in [1.807, 2.05) is 11.3 Å².